The molecule has 0 saturated heterocycles. The number of nitrogens with zero attached hydrogens (tertiary/aromatic N) is 3. The lowest BCUT2D eigenvalue weighted by Gasteiger charge is -2.11. The van der Waals surface area contributed by atoms with Gasteiger partial charge in [-0.2, -0.15) is 15.5 Å². The first kappa shape index (κ1) is 13.4. The van der Waals surface area contributed by atoms with Gasteiger partial charge in [0.1, 0.15) is 41.5 Å². The zero-order valence-corrected chi connectivity index (χ0v) is 10.3. The van der Waals surface area contributed by atoms with Crippen LogP contribution >= 0.6 is 0 Å². The molecule has 0 saturated carbocycles. The number of aliphatic hydroxyl groups is 1. The minimum absolute atomic E-state index is 0.0371. The van der Waals surface area contributed by atoms with Gasteiger partial charge in [-0.05, 0) is 12.1 Å². The summed E-state index contributed by atoms with van der Waals surface area (Å²) < 4.78 is 10.4. The smallest absolute Gasteiger partial charge is 0.234 e. The van der Waals surface area contributed by atoms with Gasteiger partial charge in [-0.15, -0.1) is 0 Å². The number of hydrogen-bond acceptors (Lipinski definition) is 7. The number of ether oxygens (including phenoxy) is 1. The average Bonchev–Trinajstić information content (AvgIpc) is 2.98. The molecule has 2 rings (SSSR count). The molecule has 0 radical (unpaired) electrons. The van der Waals surface area contributed by atoms with Crippen molar-refractivity contribution in [3.8, 4) is 29.3 Å². The van der Waals surface area contributed by atoms with Crippen LogP contribution in [0.2, 0.25) is 0 Å². The molecule has 0 fully saturated rings. The molecule has 20 heavy (non-hydrogen) atoms. The van der Waals surface area contributed by atoms with Gasteiger partial charge in [0.15, 0.2) is 0 Å². The Hall–Kier alpha value is -3.03. The first-order valence-corrected chi connectivity index (χ1v) is 5.64. The van der Waals surface area contributed by atoms with Crippen molar-refractivity contribution in [2.45, 2.75) is 0 Å². The van der Waals surface area contributed by atoms with Gasteiger partial charge in [0.05, 0.1) is 18.4 Å². The molecule has 100 valence electrons. The van der Waals surface area contributed by atoms with E-state index < -0.39 is 0 Å². The summed E-state index contributed by atoms with van der Waals surface area (Å²) in [5, 5.41) is 27.2. The second-order valence-electron chi connectivity index (χ2n) is 3.70. The largest absolute Gasteiger partial charge is 0.474 e. The van der Waals surface area contributed by atoms with Gasteiger partial charge < -0.3 is 20.0 Å². The minimum Gasteiger partial charge on any atom is -0.474 e. The fraction of sp³-hybridized carbons (Fsp3) is 0.154. The highest BCUT2D eigenvalue weighted by Crippen LogP contribution is 2.35. The van der Waals surface area contributed by atoms with Crippen molar-refractivity contribution in [3.63, 3.8) is 0 Å². The maximum absolute atomic E-state index is 9.28. The highest BCUT2D eigenvalue weighted by Gasteiger charge is 2.22. The summed E-state index contributed by atoms with van der Waals surface area (Å²) in [7, 11) is 0. The lowest BCUT2D eigenvalue weighted by atomic mass is 10.0. The van der Waals surface area contributed by atoms with E-state index in [2.05, 4.69) is 4.98 Å². The first-order valence-electron chi connectivity index (χ1n) is 5.64. The molecule has 7 nitrogen and oxygen atoms in total. The van der Waals surface area contributed by atoms with Gasteiger partial charge in [0, 0.05) is 0 Å². The van der Waals surface area contributed by atoms with Crippen LogP contribution in [-0.4, -0.2) is 23.3 Å². The number of aliphatic hydroxyl groups excluding tert-OH is 1. The Morgan fingerprint density at radius 3 is 2.65 bits per heavy atom. The summed E-state index contributed by atoms with van der Waals surface area (Å²) >= 11 is 0. The van der Waals surface area contributed by atoms with Gasteiger partial charge in [-0.3, -0.25) is 0 Å². The van der Waals surface area contributed by atoms with E-state index in [0.29, 0.717) is 5.76 Å². The van der Waals surface area contributed by atoms with Crippen molar-refractivity contribution in [2.75, 3.05) is 18.9 Å². The van der Waals surface area contributed by atoms with E-state index in [9.17, 15) is 10.5 Å². The van der Waals surface area contributed by atoms with Gasteiger partial charge in [-0.25, -0.2) is 0 Å². The number of nitrogen functional groups attached to an aromatic ring is 1. The minimum atomic E-state index is -0.234. The molecule has 0 amide bonds. The van der Waals surface area contributed by atoms with E-state index in [1.54, 1.807) is 12.1 Å². The van der Waals surface area contributed by atoms with Crippen LogP contribution in [0.1, 0.15) is 11.1 Å². The molecule has 0 aromatic carbocycles. The van der Waals surface area contributed by atoms with Crippen LogP contribution in [0.4, 0.5) is 5.82 Å². The van der Waals surface area contributed by atoms with E-state index in [-0.39, 0.29) is 41.6 Å². The molecule has 0 atom stereocenters. The van der Waals surface area contributed by atoms with Crippen LogP contribution in [0.15, 0.2) is 22.8 Å². The third-order valence-corrected chi connectivity index (χ3v) is 2.51. The molecule has 0 bridgehead atoms. The monoisotopic (exact) mass is 270 g/mol. The number of nitrogens with two attached hydrogens (primary N) is 1. The fourth-order valence-electron chi connectivity index (χ4n) is 1.71. The SMILES string of the molecule is N#Cc1c(N)nc(OCCO)c(C#N)c1-c1ccco1. The average molecular weight is 270 g/mol. The molecule has 0 aliphatic carbocycles. The van der Waals surface area contributed by atoms with Crippen LogP contribution in [0, 0.1) is 22.7 Å². The Morgan fingerprint density at radius 2 is 2.10 bits per heavy atom. The van der Waals surface area contributed by atoms with Crippen molar-refractivity contribution in [3.05, 3.63) is 29.5 Å². The normalized spacial score (nSPS) is 9.75. The van der Waals surface area contributed by atoms with Crippen molar-refractivity contribution in [1.29, 1.82) is 10.5 Å². The maximum atomic E-state index is 9.28. The number of anilines is 1. The van der Waals surface area contributed by atoms with E-state index >= 15 is 0 Å². The summed E-state index contributed by atoms with van der Waals surface area (Å²) in [4.78, 5) is 3.88. The topological polar surface area (TPSA) is 129 Å². The molecule has 0 spiro atoms. The predicted octanol–water partition coefficient (Wildman–Crippen LogP) is 1.04. The molecule has 7 heteroatoms. The van der Waals surface area contributed by atoms with Crippen molar-refractivity contribution < 1.29 is 14.3 Å². The molecular weight excluding hydrogens is 260 g/mol. The van der Waals surface area contributed by atoms with Gasteiger partial charge in [0.2, 0.25) is 5.88 Å². The zero-order chi connectivity index (χ0) is 14.5. The van der Waals surface area contributed by atoms with E-state index in [0.717, 1.165) is 0 Å². The Morgan fingerprint density at radius 1 is 1.35 bits per heavy atom. The molecule has 0 aliphatic heterocycles. The van der Waals surface area contributed by atoms with Crippen molar-refractivity contribution >= 4 is 5.82 Å². The molecule has 3 N–H and O–H groups in total. The molecule has 0 unspecified atom stereocenters. The third kappa shape index (κ3) is 2.26. The Labute approximate surface area is 114 Å². The van der Waals surface area contributed by atoms with Crippen LogP contribution in [0.3, 0.4) is 0 Å². The Kier molecular flexibility index (Phi) is 3.85. The summed E-state index contributed by atoms with van der Waals surface area (Å²) in [6.07, 6.45) is 1.42. The summed E-state index contributed by atoms with van der Waals surface area (Å²) in [5.74, 6) is 0.219. The van der Waals surface area contributed by atoms with E-state index in [1.165, 1.54) is 6.26 Å². The molecule has 2 heterocycles. The van der Waals surface area contributed by atoms with Crippen molar-refractivity contribution in [1.82, 2.24) is 4.98 Å². The second-order valence-corrected chi connectivity index (χ2v) is 3.70. The number of hydrogen-bond donors (Lipinski definition) is 2. The van der Waals surface area contributed by atoms with Crippen LogP contribution in [-0.2, 0) is 0 Å². The van der Waals surface area contributed by atoms with Crippen LogP contribution < -0.4 is 10.5 Å². The predicted molar refractivity (Wildman–Crippen MR) is 68.4 cm³/mol. The summed E-state index contributed by atoms with van der Waals surface area (Å²) in [5.41, 5.74) is 6.03. The maximum Gasteiger partial charge on any atom is 0.234 e. The van der Waals surface area contributed by atoms with Crippen molar-refractivity contribution in [2.24, 2.45) is 0 Å². The number of aromatic nitrogens is 1. The standard InChI is InChI=1S/C13H10N4O3/c14-6-8-11(10-2-1-4-19-10)9(7-15)13(17-12(8)16)20-5-3-18/h1-2,4,18H,3,5H2,(H2,16,17). The molecule has 0 aliphatic rings. The lowest BCUT2D eigenvalue weighted by Crippen LogP contribution is -2.08. The number of nitriles is 2. The fourth-order valence-corrected chi connectivity index (χ4v) is 1.71. The molecule has 2 aromatic rings. The number of pyridine rings is 1. The van der Waals surface area contributed by atoms with Gasteiger partial charge >= 0.3 is 0 Å². The van der Waals surface area contributed by atoms with Crippen LogP contribution in [0.25, 0.3) is 11.3 Å². The third-order valence-electron chi connectivity index (χ3n) is 2.51. The number of rotatable bonds is 4. The van der Waals surface area contributed by atoms with E-state index in [4.69, 9.17) is 20.0 Å². The second kappa shape index (κ2) is 5.74. The zero-order valence-electron chi connectivity index (χ0n) is 10.3. The highest BCUT2D eigenvalue weighted by molar-refractivity contribution is 5.79. The number of furan rings is 1. The van der Waals surface area contributed by atoms with Gasteiger partial charge in [0.25, 0.3) is 0 Å². The molecular formula is C13H10N4O3. The quantitative estimate of drug-likeness (QED) is 0.848. The first-order chi connectivity index (χ1) is 9.72. The summed E-state index contributed by atoms with van der Waals surface area (Å²) in [6.45, 7) is -0.271. The lowest BCUT2D eigenvalue weighted by molar-refractivity contribution is 0.196. The summed E-state index contributed by atoms with van der Waals surface area (Å²) in [6, 6.07) is 7.07. The Bertz CT molecular complexity index is 696. The highest BCUT2D eigenvalue weighted by atomic mass is 16.5. The van der Waals surface area contributed by atoms with Crippen LogP contribution in [0.5, 0.6) is 5.88 Å². The van der Waals surface area contributed by atoms with E-state index in [1.807, 2.05) is 12.1 Å². The van der Waals surface area contributed by atoms with Gasteiger partial charge in [-0.1, -0.05) is 0 Å². The molecule has 2 aromatic heterocycles. The Balaban J connectivity index is 2.72.